The minimum absolute atomic E-state index is 0.548. The van der Waals surface area contributed by atoms with E-state index in [1.54, 1.807) is 6.07 Å². The molecule has 0 aliphatic heterocycles. The second-order valence-electron chi connectivity index (χ2n) is 4.38. The van der Waals surface area contributed by atoms with Crippen LogP contribution in [0, 0.1) is 12.3 Å². The smallest absolute Gasteiger partial charge is 0.355 e. The molecule has 104 valence electrons. The molecule has 0 aliphatic carbocycles. The summed E-state index contributed by atoms with van der Waals surface area (Å²) in [5, 5.41) is 10.4. The Labute approximate surface area is 114 Å². The maximum Gasteiger partial charge on any atom is 0.416 e. The van der Waals surface area contributed by atoms with Crippen LogP contribution in [0.25, 0.3) is 0 Å². The summed E-state index contributed by atoms with van der Waals surface area (Å²) in [4.78, 5) is 0. The summed E-state index contributed by atoms with van der Waals surface area (Å²) in [6.45, 7) is 1.87. The molecule has 0 aromatic heterocycles. The van der Waals surface area contributed by atoms with Crippen molar-refractivity contribution in [2.45, 2.75) is 13.1 Å². The Kier molecular flexibility index (Phi) is 3.79. The molecule has 0 saturated carbocycles. The lowest BCUT2D eigenvalue weighted by Crippen LogP contribution is -2.04. The van der Waals surface area contributed by atoms with E-state index >= 15 is 0 Å². The van der Waals surface area contributed by atoms with Crippen LogP contribution in [0.5, 0.6) is 0 Å². The molecule has 5 heteroatoms. The first-order valence-electron chi connectivity index (χ1n) is 5.96. The monoisotopic (exact) mass is 278 g/mol. The van der Waals surface area contributed by atoms with Crippen LogP contribution in [0.1, 0.15) is 16.7 Å². The van der Waals surface area contributed by atoms with E-state index in [9.17, 15) is 13.2 Å². The molecule has 0 fully saturated rings. The van der Waals surface area contributed by atoms with Crippen molar-refractivity contribution in [3.05, 3.63) is 59.2 Å². The van der Waals surface area contributed by atoms with Gasteiger partial charge < -0.3 is 10.7 Å². The zero-order valence-corrected chi connectivity index (χ0v) is 10.8. The molecular formula is C15H13F3N2. The molecule has 2 nitrogen and oxygen atoms in total. The summed E-state index contributed by atoms with van der Waals surface area (Å²) < 4.78 is 37.4. The lowest BCUT2D eigenvalue weighted by Gasteiger charge is -2.12. The van der Waals surface area contributed by atoms with Gasteiger partial charge in [-0.2, -0.15) is 13.2 Å². The first kappa shape index (κ1) is 14.1. The third-order valence-electron chi connectivity index (χ3n) is 2.96. The largest absolute Gasteiger partial charge is 0.416 e. The summed E-state index contributed by atoms with van der Waals surface area (Å²) >= 11 is 0. The average molecular weight is 278 g/mol. The van der Waals surface area contributed by atoms with Crippen molar-refractivity contribution in [3.63, 3.8) is 0 Å². The van der Waals surface area contributed by atoms with Crippen LogP contribution in [0.2, 0.25) is 0 Å². The molecule has 0 spiro atoms. The van der Waals surface area contributed by atoms with Crippen molar-refractivity contribution < 1.29 is 13.2 Å². The lowest BCUT2D eigenvalue weighted by molar-refractivity contribution is -0.137. The summed E-state index contributed by atoms with van der Waals surface area (Å²) in [6.07, 6.45) is -3.11. The Balaban J connectivity index is 2.27. The van der Waals surface area contributed by atoms with E-state index < -0.39 is 11.7 Å². The van der Waals surface area contributed by atoms with Crippen LogP contribution in [0.15, 0.2) is 42.5 Å². The number of benzene rings is 2. The minimum atomic E-state index is -4.33. The summed E-state index contributed by atoms with van der Waals surface area (Å²) in [7, 11) is 0. The van der Waals surface area contributed by atoms with E-state index in [4.69, 9.17) is 5.41 Å². The Bertz CT molecular complexity index is 616. The highest BCUT2D eigenvalue weighted by atomic mass is 19.4. The number of hydrogen-bond donors (Lipinski definition) is 2. The Morgan fingerprint density at radius 1 is 1.05 bits per heavy atom. The Morgan fingerprint density at radius 2 is 1.70 bits per heavy atom. The number of anilines is 2. The third-order valence-corrected chi connectivity index (χ3v) is 2.96. The number of alkyl halides is 3. The molecule has 20 heavy (non-hydrogen) atoms. The van der Waals surface area contributed by atoms with Crippen LogP contribution in [0.4, 0.5) is 24.5 Å². The SMILES string of the molecule is Cc1cccc(Nc2ccc(C(F)(F)F)cc2)c1C=N. The molecule has 0 amide bonds. The van der Waals surface area contributed by atoms with Crippen molar-refractivity contribution >= 4 is 17.6 Å². The van der Waals surface area contributed by atoms with E-state index in [2.05, 4.69) is 5.32 Å². The first-order chi connectivity index (χ1) is 9.41. The fourth-order valence-corrected chi connectivity index (χ4v) is 1.88. The molecule has 0 bridgehead atoms. The van der Waals surface area contributed by atoms with E-state index in [-0.39, 0.29) is 0 Å². The van der Waals surface area contributed by atoms with Crippen molar-refractivity contribution in [2.75, 3.05) is 5.32 Å². The molecule has 0 aliphatic rings. The molecular weight excluding hydrogens is 265 g/mol. The van der Waals surface area contributed by atoms with Crippen LogP contribution in [-0.4, -0.2) is 6.21 Å². The molecule has 0 saturated heterocycles. The quantitative estimate of drug-likeness (QED) is 0.780. The van der Waals surface area contributed by atoms with Crippen LogP contribution in [0.3, 0.4) is 0 Å². The van der Waals surface area contributed by atoms with Gasteiger partial charge in [0.25, 0.3) is 0 Å². The van der Waals surface area contributed by atoms with E-state index in [1.165, 1.54) is 18.3 Å². The molecule has 0 heterocycles. The molecule has 0 unspecified atom stereocenters. The van der Waals surface area contributed by atoms with Crippen LogP contribution >= 0.6 is 0 Å². The predicted molar refractivity (Wildman–Crippen MR) is 73.8 cm³/mol. The molecule has 2 aromatic rings. The highest BCUT2D eigenvalue weighted by Crippen LogP contribution is 2.30. The van der Waals surface area contributed by atoms with Crippen molar-refractivity contribution in [1.29, 1.82) is 5.41 Å². The zero-order valence-electron chi connectivity index (χ0n) is 10.8. The van der Waals surface area contributed by atoms with Gasteiger partial charge in [0, 0.05) is 23.2 Å². The summed E-state index contributed by atoms with van der Waals surface area (Å²) in [5.41, 5.74) is 2.20. The Morgan fingerprint density at radius 3 is 2.25 bits per heavy atom. The number of halogens is 3. The third kappa shape index (κ3) is 2.99. The topological polar surface area (TPSA) is 35.9 Å². The second-order valence-corrected chi connectivity index (χ2v) is 4.38. The van der Waals surface area contributed by atoms with Gasteiger partial charge >= 0.3 is 6.18 Å². The molecule has 0 atom stereocenters. The first-order valence-corrected chi connectivity index (χ1v) is 5.96. The molecule has 2 aromatic carbocycles. The molecule has 2 rings (SSSR count). The highest BCUT2D eigenvalue weighted by Gasteiger charge is 2.29. The lowest BCUT2D eigenvalue weighted by atomic mass is 10.1. The van der Waals surface area contributed by atoms with Gasteiger partial charge in [0.15, 0.2) is 0 Å². The van der Waals surface area contributed by atoms with Crippen LogP contribution in [-0.2, 0) is 6.18 Å². The van der Waals surface area contributed by atoms with Crippen molar-refractivity contribution in [1.82, 2.24) is 0 Å². The second kappa shape index (κ2) is 5.36. The van der Waals surface area contributed by atoms with Gasteiger partial charge in [-0.3, -0.25) is 0 Å². The van der Waals surface area contributed by atoms with Gasteiger partial charge in [0.1, 0.15) is 0 Å². The number of aryl methyl sites for hydroxylation is 1. The maximum atomic E-state index is 12.5. The predicted octanol–water partition coefficient (Wildman–Crippen LogP) is 4.76. The van der Waals surface area contributed by atoms with E-state index in [0.29, 0.717) is 16.9 Å². The van der Waals surface area contributed by atoms with Crippen molar-refractivity contribution in [2.24, 2.45) is 0 Å². The van der Waals surface area contributed by atoms with Gasteiger partial charge in [0.05, 0.1) is 5.56 Å². The standard InChI is InChI=1S/C15H13F3N2/c1-10-3-2-4-14(13(10)9-19)20-12-7-5-11(6-8-12)15(16,17)18/h2-9,19-20H,1H3. The van der Waals surface area contributed by atoms with Gasteiger partial charge in [-0.1, -0.05) is 12.1 Å². The maximum absolute atomic E-state index is 12.5. The van der Waals surface area contributed by atoms with Gasteiger partial charge in [-0.05, 0) is 42.8 Å². The summed E-state index contributed by atoms with van der Waals surface area (Å²) in [6, 6.07) is 10.3. The van der Waals surface area contributed by atoms with Gasteiger partial charge in [0.2, 0.25) is 0 Å². The van der Waals surface area contributed by atoms with E-state index in [0.717, 1.165) is 17.7 Å². The fourth-order valence-electron chi connectivity index (χ4n) is 1.88. The van der Waals surface area contributed by atoms with Crippen molar-refractivity contribution in [3.8, 4) is 0 Å². The normalized spacial score (nSPS) is 11.2. The zero-order chi connectivity index (χ0) is 14.8. The van der Waals surface area contributed by atoms with Crippen LogP contribution < -0.4 is 5.32 Å². The van der Waals surface area contributed by atoms with Gasteiger partial charge in [-0.15, -0.1) is 0 Å². The Hall–Kier alpha value is -2.30. The number of rotatable bonds is 3. The van der Waals surface area contributed by atoms with Gasteiger partial charge in [-0.25, -0.2) is 0 Å². The molecule has 2 N–H and O–H groups in total. The summed E-state index contributed by atoms with van der Waals surface area (Å²) in [5.74, 6) is 0. The molecule has 0 radical (unpaired) electrons. The average Bonchev–Trinajstić information content (AvgIpc) is 2.38. The minimum Gasteiger partial charge on any atom is -0.355 e. The number of hydrogen-bond acceptors (Lipinski definition) is 2. The fraction of sp³-hybridized carbons (Fsp3) is 0.133. The highest BCUT2D eigenvalue weighted by molar-refractivity contribution is 5.89. The van der Waals surface area contributed by atoms with E-state index in [1.807, 2.05) is 19.1 Å². The number of nitrogens with one attached hydrogen (secondary N) is 2.